The Hall–Kier alpha value is -3.19. The van der Waals surface area contributed by atoms with Gasteiger partial charge in [0.05, 0.1) is 4.90 Å². The van der Waals surface area contributed by atoms with Gasteiger partial charge in [0.25, 0.3) is 0 Å². The van der Waals surface area contributed by atoms with Crippen LogP contribution in [-0.4, -0.2) is 61.4 Å². The van der Waals surface area contributed by atoms with Gasteiger partial charge in [-0.2, -0.15) is 4.31 Å². The largest absolute Gasteiger partial charge is 0.481 e. The molecule has 0 radical (unpaired) electrons. The van der Waals surface area contributed by atoms with Gasteiger partial charge in [0.2, 0.25) is 15.6 Å². The maximum Gasteiger partial charge on any atom is 0.334 e. The number of rotatable bonds is 7. The summed E-state index contributed by atoms with van der Waals surface area (Å²) in [4.78, 5) is 25.9. The van der Waals surface area contributed by atoms with Crippen LogP contribution in [0.15, 0.2) is 59.5 Å². The molecule has 1 heterocycles. The lowest BCUT2D eigenvalue weighted by atomic mass is 9.89. The summed E-state index contributed by atoms with van der Waals surface area (Å²) in [5.74, 6) is 3.55. The number of carboxylic acids is 1. The molecule has 0 bridgehead atoms. The van der Waals surface area contributed by atoms with Crippen LogP contribution in [0.3, 0.4) is 0 Å². The summed E-state index contributed by atoms with van der Waals surface area (Å²) in [5, 5.41) is 13.1. The lowest BCUT2D eigenvalue weighted by Gasteiger charge is -2.36. The lowest BCUT2D eigenvalue weighted by molar-refractivity contribution is -0.145. The molecule has 1 aliphatic heterocycles. The summed E-state index contributed by atoms with van der Waals surface area (Å²) in [6, 6.07) is 13.5. The molecule has 168 valence electrons. The second-order valence-electron chi connectivity index (χ2n) is 7.15. The quantitative estimate of drug-likeness (QED) is 0.371. The number of ketones is 1. The Labute approximate surface area is 187 Å². The number of sulfonamides is 1. The number of carboxylic acid groups (broad SMARTS) is 1. The Morgan fingerprint density at radius 1 is 1.16 bits per heavy atom. The van der Waals surface area contributed by atoms with E-state index in [4.69, 9.17) is 4.74 Å². The molecule has 1 saturated heterocycles. The van der Waals surface area contributed by atoms with Crippen molar-refractivity contribution in [2.45, 2.75) is 23.8 Å². The van der Waals surface area contributed by atoms with Gasteiger partial charge < -0.3 is 15.2 Å². The summed E-state index contributed by atoms with van der Waals surface area (Å²) >= 11 is 0. The average Bonchev–Trinajstić information content (AvgIpc) is 3.04. The van der Waals surface area contributed by atoms with E-state index >= 15 is 0 Å². The maximum absolute atomic E-state index is 13.6. The van der Waals surface area contributed by atoms with Gasteiger partial charge in [-0.25, -0.2) is 13.2 Å². The zero-order chi connectivity index (χ0) is 23.2. The first-order valence-corrected chi connectivity index (χ1v) is 11.5. The number of hydrogen-bond acceptors (Lipinski definition) is 6. The van der Waals surface area contributed by atoms with Crippen molar-refractivity contribution < 1.29 is 27.9 Å². The van der Waals surface area contributed by atoms with Gasteiger partial charge in [-0.05, 0) is 44.2 Å². The van der Waals surface area contributed by atoms with Crippen LogP contribution in [-0.2, 0) is 14.8 Å². The number of aliphatic carboxylic acids is 1. The van der Waals surface area contributed by atoms with Crippen LogP contribution in [0.2, 0.25) is 0 Å². The Kier molecular flexibility index (Phi) is 7.30. The fourth-order valence-corrected chi connectivity index (χ4v) is 5.29. The molecule has 2 aromatic carbocycles. The van der Waals surface area contributed by atoms with Crippen molar-refractivity contribution in [2.75, 3.05) is 26.2 Å². The van der Waals surface area contributed by atoms with Crippen molar-refractivity contribution in [2.24, 2.45) is 0 Å². The first-order valence-electron chi connectivity index (χ1n) is 10.0. The van der Waals surface area contributed by atoms with Gasteiger partial charge in [-0.15, -0.1) is 5.92 Å². The smallest absolute Gasteiger partial charge is 0.334 e. The fourth-order valence-electron chi connectivity index (χ4n) is 3.55. The van der Waals surface area contributed by atoms with Crippen molar-refractivity contribution in [1.29, 1.82) is 0 Å². The summed E-state index contributed by atoms with van der Waals surface area (Å²) in [6.07, 6.45) is 0.354. The zero-order valence-corrected chi connectivity index (χ0v) is 18.4. The standard InChI is InChI=1S/C23H24N2O6S/c1-2-3-16-31-19-10-12-20(13-11-19)32(29,30)25-15-7-14-24-17-23(25,22(27)28)21(26)18-8-5-4-6-9-18/h4-6,8-13,24H,7,14-17H2,1H3,(H,27,28). The van der Waals surface area contributed by atoms with Crippen molar-refractivity contribution in [3.05, 3.63) is 60.2 Å². The monoisotopic (exact) mass is 456 g/mol. The molecular weight excluding hydrogens is 432 g/mol. The zero-order valence-electron chi connectivity index (χ0n) is 17.6. The van der Waals surface area contributed by atoms with Gasteiger partial charge in [0.1, 0.15) is 12.4 Å². The van der Waals surface area contributed by atoms with E-state index < -0.39 is 27.3 Å². The highest BCUT2D eigenvalue weighted by Gasteiger charge is 2.56. The molecule has 1 atom stereocenters. The van der Waals surface area contributed by atoms with E-state index in [1.807, 2.05) is 0 Å². The van der Waals surface area contributed by atoms with Crippen LogP contribution in [0.25, 0.3) is 0 Å². The maximum atomic E-state index is 13.6. The third-order valence-electron chi connectivity index (χ3n) is 5.19. The second-order valence-corrected chi connectivity index (χ2v) is 9.02. The number of carbonyl (C=O) groups is 2. The molecule has 0 aliphatic carbocycles. The van der Waals surface area contributed by atoms with Crippen LogP contribution < -0.4 is 10.1 Å². The highest BCUT2D eigenvalue weighted by molar-refractivity contribution is 7.89. The van der Waals surface area contributed by atoms with Crippen molar-refractivity contribution in [1.82, 2.24) is 9.62 Å². The normalized spacial score (nSPS) is 19.3. The minimum atomic E-state index is -4.32. The molecule has 3 rings (SSSR count). The van der Waals surface area contributed by atoms with Gasteiger partial charge in [0, 0.05) is 18.7 Å². The Bertz CT molecular complexity index is 1140. The molecule has 0 amide bonds. The predicted molar refractivity (Wildman–Crippen MR) is 118 cm³/mol. The molecule has 0 spiro atoms. The molecule has 8 nitrogen and oxygen atoms in total. The molecule has 2 N–H and O–H groups in total. The lowest BCUT2D eigenvalue weighted by Crippen LogP contribution is -2.65. The molecule has 1 unspecified atom stereocenters. The van der Waals surface area contributed by atoms with Gasteiger partial charge in [0.15, 0.2) is 5.78 Å². The highest BCUT2D eigenvalue weighted by Crippen LogP contribution is 2.31. The molecule has 0 aromatic heterocycles. The third-order valence-corrected chi connectivity index (χ3v) is 7.13. The fraction of sp³-hybridized carbons (Fsp3) is 0.304. The van der Waals surface area contributed by atoms with Gasteiger partial charge >= 0.3 is 5.97 Å². The van der Waals surface area contributed by atoms with Gasteiger partial charge in [-0.3, -0.25) is 4.79 Å². The van der Waals surface area contributed by atoms with E-state index in [0.29, 0.717) is 18.7 Å². The predicted octanol–water partition coefficient (Wildman–Crippen LogP) is 1.78. The molecule has 32 heavy (non-hydrogen) atoms. The van der Waals surface area contributed by atoms with E-state index in [9.17, 15) is 23.1 Å². The van der Waals surface area contributed by atoms with Crippen LogP contribution in [0.5, 0.6) is 5.75 Å². The Morgan fingerprint density at radius 2 is 1.84 bits per heavy atom. The number of hydrogen-bond donors (Lipinski definition) is 2. The molecule has 9 heteroatoms. The number of nitrogens with zero attached hydrogens (tertiary/aromatic N) is 1. The minimum absolute atomic E-state index is 0.120. The van der Waals surface area contributed by atoms with E-state index in [2.05, 4.69) is 17.2 Å². The van der Waals surface area contributed by atoms with Crippen LogP contribution in [0.1, 0.15) is 23.7 Å². The third kappa shape index (κ3) is 4.53. The molecule has 1 fully saturated rings. The summed E-state index contributed by atoms with van der Waals surface area (Å²) in [7, 11) is -4.32. The van der Waals surface area contributed by atoms with E-state index in [1.165, 1.54) is 36.4 Å². The Morgan fingerprint density at radius 3 is 2.47 bits per heavy atom. The SMILES string of the molecule is CC#CCOc1ccc(S(=O)(=O)N2CCCNCC2(C(=O)O)C(=O)c2ccccc2)cc1. The number of benzene rings is 2. The second kappa shape index (κ2) is 9.96. The number of Topliss-reactive ketones (excluding diaryl/α,β-unsaturated/α-hetero) is 1. The van der Waals surface area contributed by atoms with Crippen molar-refractivity contribution in [3.8, 4) is 17.6 Å². The first-order chi connectivity index (χ1) is 15.3. The number of carbonyl (C=O) groups excluding carboxylic acids is 1. The molecular formula is C23H24N2O6S. The van der Waals surface area contributed by atoms with E-state index in [1.54, 1.807) is 25.1 Å². The van der Waals surface area contributed by atoms with Gasteiger partial charge in [-0.1, -0.05) is 36.3 Å². The topological polar surface area (TPSA) is 113 Å². The molecule has 1 aliphatic rings. The summed E-state index contributed by atoms with van der Waals surface area (Å²) in [6.45, 7) is 1.76. The number of nitrogens with one attached hydrogen (secondary N) is 1. The van der Waals surface area contributed by atoms with Crippen molar-refractivity contribution >= 4 is 21.8 Å². The Balaban J connectivity index is 2.05. The molecule has 2 aromatic rings. The van der Waals surface area contributed by atoms with E-state index in [0.717, 1.165) is 4.31 Å². The van der Waals surface area contributed by atoms with Crippen LogP contribution in [0.4, 0.5) is 0 Å². The number of ether oxygens (including phenoxy) is 1. The summed E-state index contributed by atoms with van der Waals surface area (Å²) < 4.78 is 33.4. The van der Waals surface area contributed by atoms with Crippen LogP contribution >= 0.6 is 0 Å². The highest BCUT2D eigenvalue weighted by atomic mass is 32.2. The minimum Gasteiger partial charge on any atom is -0.481 e. The van der Waals surface area contributed by atoms with Crippen molar-refractivity contribution in [3.63, 3.8) is 0 Å². The summed E-state index contributed by atoms with van der Waals surface area (Å²) in [5.41, 5.74) is -2.19. The molecule has 0 saturated carbocycles. The van der Waals surface area contributed by atoms with Crippen LogP contribution in [0, 0.1) is 11.8 Å². The average molecular weight is 457 g/mol. The van der Waals surface area contributed by atoms with E-state index in [-0.39, 0.29) is 30.2 Å². The first kappa shape index (κ1) is 23.5.